The van der Waals surface area contributed by atoms with Gasteiger partial charge in [-0.1, -0.05) is 49.6 Å². The lowest BCUT2D eigenvalue weighted by Crippen LogP contribution is -2.48. The zero-order valence-corrected chi connectivity index (χ0v) is 13.6. The lowest BCUT2D eigenvalue weighted by Gasteiger charge is -2.42. The highest BCUT2D eigenvalue weighted by Crippen LogP contribution is 2.35. The molecule has 1 saturated carbocycles. The van der Waals surface area contributed by atoms with Crippen molar-refractivity contribution in [2.75, 3.05) is 19.6 Å². The quantitative estimate of drug-likeness (QED) is 0.859. The highest BCUT2D eigenvalue weighted by molar-refractivity contribution is 7.80. The molecular formula is C18H26N2S. The van der Waals surface area contributed by atoms with Gasteiger partial charge < -0.3 is 10.2 Å². The molecule has 0 aromatic heterocycles. The van der Waals surface area contributed by atoms with Crippen LogP contribution < -0.4 is 5.32 Å². The Morgan fingerprint density at radius 1 is 1.10 bits per heavy atom. The predicted octanol–water partition coefficient (Wildman–Crippen LogP) is 3.62. The number of likely N-dealkylation sites (tertiary alicyclic amines) is 1. The van der Waals surface area contributed by atoms with Gasteiger partial charge in [0.15, 0.2) is 5.11 Å². The number of piperidine rings is 1. The Kier molecular flexibility index (Phi) is 5.13. The van der Waals surface area contributed by atoms with Gasteiger partial charge in [0.05, 0.1) is 0 Å². The molecule has 1 aromatic carbocycles. The second-order valence-electron chi connectivity index (χ2n) is 6.51. The molecule has 0 amide bonds. The van der Waals surface area contributed by atoms with E-state index in [4.69, 9.17) is 12.2 Å². The van der Waals surface area contributed by atoms with Crippen molar-refractivity contribution in [2.45, 2.75) is 38.5 Å². The summed E-state index contributed by atoms with van der Waals surface area (Å²) in [5.41, 5.74) is 1.37. The average Bonchev–Trinajstić information content (AvgIpc) is 2.55. The molecule has 1 N–H and O–H groups in total. The number of benzene rings is 1. The molecule has 1 aromatic rings. The molecule has 1 saturated heterocycles. The summed E-state index contributed by atoms with van der Waals surface area (Å²) >= 11 is 5.60. The topological polar surface area (TPSA) is 15.3 Å². The summed E-state index contributed by atoms with van der Waals surface area (Å²) in [7, 11) is 0. The molecule has 1 aliphatic carbocycles. The molecule has 0 bridgehead atoms. The summed E-state index contributed by atoms with van der Waals surface area (Å²) in [5, 5.41) is 4.42. The molecule has 2 atom stereocenters. The maximum Gasteiger partial charge on any atom is 0.168 e. The molecule has 1 aliphatic heterocycles. The van der Waals surface area contributed by atoms with E-state index in [0.29, 0.717) is 0 Å². The average molecular weight is 302 g/mol. The standard InChI is InChI=1S/C18H26N2S/c21-18(19-12-10-15-6-2-1-3-7-15)20-13-11-16-8-4-5-9-17(16)14-20/h1-3,6-7,16-17H,4-5,8-14H2,(H,19,21)/t16-,17+/m1/s1. The Bertz CT molecular complexity index is 460. The molecule has 0 spiro atoms. The Hall–Kier alpha value is -1.09. The van der Waals surface area contributed by atoms with Gasteiger partial charge in [-0.2, -0.15) is 0 Å². The van der Waals surface area contributed by atoms with E-state index in [1.54, 1.807) is 0 Å². The van der Waals surface area contributed by atoms with Crippen LogP contribution in [0.15, 0.2) is 30.3 Å². The smallest absolute Gasteiger partial charge is 0.168 e. The number of nitrogens with one attached hydrogen (secondary N) is 1. The SMILES string of the molecule is S=C(NCCc1ccccc1)N1CC[C@H]2CCCC[C@H]2C1. The van der Waals surface area contributed by atoms with E-state index in [1.165, 1.54) is 44.2 Å². The van der Waals surface area contributed by atoms with Gasteiger partial charge >= 0.3 is 0 Å². The van der Waals surface area contributed by atoms with E-state index in [2.05, 4.69) is 40.5 Å². The van der Waals surface area contributed by atoms with E-state index < -0.39 is 0 Å². The number of nitrogens with zero attached hydrogens (tertiary/aromatic N) is 1. The second-order valence-corrected chi connectivity index (χ2v) is 6.89. The first-order valence-electron chi connectivity index (χ1n) is 8.39. The van der Waals surface area contributed by atoms with Crippen molar-refractivity contribution in [3.63, 3.8) is 0 Å². The molecule has 0 unspecified atom stereocenters. The lowest BCUT2D eigenvalue weighted by atomic mass is 9.75. The first-order valence-corrected chi connectivity index (χ1v) is 8.80. The van der Waals surface area contributed by atoms with Crippen molar-refractivity contribution in [2.24, 2.45) is 11.8 Å². The number of hydrogen-bond acceptors (Lipinski definition) is 1. The van der Waals surface area contributed by atoms with Crippen LogP contribution in [-0.4, -0.2) is 29.6 Å². The first-order chi connectivity index (χ1) is 10.3. The van der Waals surface area contributed by atoms with E-state index >= 15 is 0 Å². The van der Waals surface area contributed by atoms with Crippen molar-refractivity contribution in [3.8, 4) is 0 Å². The second kappa shape index (κ2) is 7.26. The summed E-state index contributed by atoms with van der Waals surface area (Å²) in [6, 6.07) is 10.6. The minimum Gasteiger partial charge on any atom is -0.362 e. The van der Waals surface area contributed by atoms with Gasteiger partial charge in [-0.15, -0.1) is 0 Å². The first kappa shape index (κ1) is 14.8. The number of rotatable bonds is 3. The zero-order valence-electron chi connectivity index (χ0n) is 12.8. The normalized spacial score (nSPS) is 25.2. The fourth-order valence-electron chi connectivity index (χ4n) is 3.86. The highest BCUT2D eigenvalue weighted by atomic mass is 32.1. The molecule has 3 heteroatoms. The van der Waals surface area contributed by atoms with Gasteiger partial charge in [0.25, 0.3) is 0 Å². The zero-order chi connectivity index (χ0) is 14.5. The number of thiocarbonyl (C=S) groups is 1. The summed E-state index contributed by atoms with van der Waals surface area (Å²) in [6.07, 6.45) is 8.11. The Morgan fingerprint density at radius 2 is 1.86 bits per heavy atom. The maximum atomic E-state index is 5.60. The third kappa shape index (κ3) is 3.97. The van der Waals surface area contributed by atoms with Crippen LogP contribution in [0.25, 0.3) is 0 Å². The number of hydrogen-bond donors (Lipinski definition) is 1. The van der Waals surface area contributed by atoms with Crippen LogP contribution in [0.1, 0.15) is 37.7 Å². The number of fused-ring (bicyclic) bond motifs is 1. The van der Waals surface area contributed by atoms with E-state index in [-0.39, 0.29) is 0 Å². The van der Waals surface area contributed by atoms with Gasteiger partial charge in [0.2, 0.25) is 0 Å². The van der Waals surface area contributed by atoms with E-state index in [1.807, 2.05) is 0 Å². The van der Waals surface area contributed by atoms with Crippen molar-refractivity contribution in [1.82, 2.24) is 10.2 Å². The molecule has 2 aliphatic rings. The van der Waals surface area contributed by atoms with Crippen molar-refractivity contribution < 1.29 is 0 Å². The Balaban J connectivity index is 1.43. The lowest BCUT2D eigenvalue weighted by molar-refractivity contribution is 0.129. The maximum absolute atomic E-state index is 5.60. The molecule has 21 heavy (non-hydrogen) atoms. The van der Waals surface area contributed by atoms with Crippen molar-refractivity contribution >= 4 is 17.3 Å². The summed E-state index contributed by atoms with van der Waals surface area (Å²) in [5.74, 6) is 1.86. The summed E-state index contributed by atoms with van der Waals surface area (Å²) in [4.78, 5) is 2.41. The van der Waals surface area contributed by atoms with Crippen LogP contribution >= 0.6 is 12.2 Å². The van der Waals surface area contributed by atoms with Gasteiger partial charge in [-0.05, 0) is 48.9 Å². The minimum absolute atomic E-state index is 0.890. The minimum atomic E-state index is 0.890. The molecule has 3 rings (SSSR count). The third-order valence-electron chi connectivity index (χ3n) is 5.11. The molecule has 1 heterocycles. The predicted molar refractivity (Wildman–Crippen MR) is 92.4 cm³/mol. The van der Waals surface area contributed by atoms with Crippen LogP contribution in [-0.2, 0) is 6.42 Å². The molecule has 0 radical (unpaired) electrons. The summed E-state index contributed by atoms with van der Waals surface area (Å²) < 4.78 is 0. The largest absolute Gasteiger partial charge is 0.362 e. The molecule has 2 fully saturated rings. The van der Waals surface area contributed by atoms with Crippen LogP contribution in [0.4, 0.5) is 0 Å². The summed E-state index contributed by atoms with van der Waals surface area (Å²) in [6.45, 7) is 3.27. The van der Waals surface area contributed by atoms with Crippen LogP contribution in [0.5, 0.6) is 0 Å². The third-order valence-corrected chi connectivity index (χ3v) is 5.51. The van der Waals surface area contributed by atoms with Crippen LogP contribution in [0.3, 0.4) is 0 Å². The van der Waals surface area contributed by atoms with Crippen molar-refractivity contribution in [3.05, 3.63) is 35.9 Å². The Morgan fingerprint density at radius 3 is 2.67 bits per heavy atom. The molecule has 114 valence electrons. The van der Waals surface area contributed by atoms with Gasteiger partial charge in [-0.25, -0.2) is 0 Å². The highest BCUT2D eigenvalue weighted by Gasteiger charge is 2.31. The van der Waals surface area contributed by atoms with Crippen molar-refractivity contribution in [1.29, 1.82) is 0 Å². The van der Waals surface area contributed by atoms with Gasteiger partial charge in [-0.3, -0.25) is 0 Å². The Labute approximate surface area is 133 Å². The molecule has 2 nitrogen and oxygen atoms in total. The molecular weight excluding hydrogens is 276 g/mol. The van der Waals surface area contributed by atoms with Crippen LogP contribution in [0, 0.1) is 11.8 Å². The van der Waals surface area contributed by atoms with Crippen LogP contribution in [0.2, 0.25) is 0 Å². The monoisotopic (exact) mass is 302 g/mol. The van der Waals surface area contributed by atoms with E-state index in [0.717, 1.165) is 36.5 Å². The fourth-order valence-corrected chi connectivity index (χ4v) is 4.12. The van der Waals surface area contributed by atoms with E-state index in [9.17, 15) is 0 Å². The fraction of sp³-hybridized carbons (Fsp3) is 0.611. The van der Waals surface area contributed by atoms with Gasteiger partial charge in [0.1, 0.15) is 0 Å². The van der Waals surface area contributed by atoms with Gasteiger partial charge in [0, 0.05) is 19.6 Å².